The summed E-state index contributed by atoms with van der Waals surface area (Å²) in [6.07, 6.45) is 5.59. The molecule has 1 aromatic carbocycles. The molecule has 1 heterocycles. The van der Waals surface area contributed by atoms with Gasteiger partial charge in [0.05, 0.1) is 11.0 Å². The van der Waals surface area contributed by atoms with Gasteiger partial charge in [0.2, 0.25) is 0 Å². The van der Waals surface area contributed by atoms with Gasteiger partial charge in [-0.05, 0) is 49.9 Å². The number of rotatable bonds is 8. The van der Waals surface area contributed by atoms with Crippen molar-refractivity contribution in [1.29, 1.82) is 0 Å². The van der Waals surface area contributed by atoms with E-state index in [1.54, 1.807) is 0 Å². The van der Waals surface area contributed by atoms with Gasteiger partial charge in [0, 0.05) is 18.0 Å². The Hall–Kier alpha value is -1.06. The molecule has 0 spiro atoms. The first-order valence-electron chi connectivity index (χ1n) is 8.04. The van der Waals surface area contributed by atoms with E-state index in [1.165, 1.54) is 17.8 Å². The van der Waals surface area contributed by atoms with Crippen LogP contribution in [0.4, 0.5) is 0 Å². The van der Waals surface area contributed by atoms with Crippen molar-refractivity contribution in [3.63, 3.8) is 0 Å². The summed E-state index contributed by atoms with van der Waals surface area (Å²) < 4.78 is 2.35. The van der Waals surface area contributed by atoms with Crippen LogP contribution in [0.1, 0.15) is 45.4 Å². The van der Waals surface area contributed by atoms with Gasteiger partial charge in [-0.2, -0.15) is 0 Å². The fourth-order valence-electron chi connectivity index (χ4n) is 2.94. The lowest BCUT2D eigenvalue weighted by Crippen LogP contribution is -2.11. The summed E-state index contributed by atoms with van der Waals surface area (Å²) in [6, 6.07) is 6.00. The molecule has 4 heteroatoms. The van der Waals surface area contributed by atoms with Gasteiger partial charge in [-0.15, -0.1) is 0 Å². The summed E-state index contributed by atoms with van der Waals surface area (Å²) in [5.41, 5.74) is 7.90. The van der Waals surface area contributed by atoms with E-state index in [1.807, 2.05) is 12.1 Å². The number of hydrogen-bond donors (Lipinski definition) is 1. The van der Waals surface area contributed by atoms with Crippen LogP contribution in [0.5, 0.6) is 0 Å². The van der Waals surface area contributed by atoms with Crippen molar-refractivity contribution < 1.29 is 0 Å². The summed E-state index contributed by atoms with van der Waals surface area (Å²) in [7, 11) is 0. The van der Waals surface area contributed by atoms with E-state index < -0.39 is 0 Å². The number of aromatic nitrogens is 2. The van der Waals surface area contributed by atoms with E-state index in [2.05, 4.69) is 24.5 Å². The third-order valence-corrected chi connectivity index (χ3v) is 4.40. The second-order valence-electron chi connectivity index (χ2n) is 5.70. The van der Waals surface area contributed by atoms with E-state index in [-0.39, 0.29) is 0 Å². The zero-order chi connectivity index (χ0) is 15.2. The standard InChI is InChI=1S/C17H26ClN3/c1-3-11-21-16-7-6-14(18)12-15(16)20-17(21)8-5-13(4-2)9-10-19/h6-7,12-13H,3-5,8-11,19H2,1-2H3. The number of imidazole rings is 1. The lowest BCUT2D eigenvalue weighted by Gasteiger charge is -2.14. The minimum absolute atomic E-state index is 0.702. The molecule has 1 unspecified atom stereocenters. The quantitative estimate of drug-likeness (QED) is 0.785. The average Bonchev–Trinajstić information content (AvgIpc) is 2.81. The number of halogens is 1. The molecule has 0 aliphatic carbocycles. The SMILES string of the molecule is CCCn1c(CCC(CC)CCN)nc2cc(Cl)ccc21. The molecular formula is C17H26ClN3. The van der Waals surface area contributed by atoms with Crippen LogP contribution < -0.4 is 5.73 Å². The third kappa shape index (κ3) is 3.98. The Kier molecular flexibility index (Phi) is 6.07. The highest BCUT2D eigenvalue weighted by atomic mass is 35.5. The number of nitrogens with two attached hydrogens (primary N) is 1. The van der Waals surface area contributed by atoms with Crippen molar-refractivity contribution >= 4 is 22.6 Å². The Bertz CT molecular complexity index is 577. The molecule has 1 aromatic heterocycles. The molecule has 1 atom stereocenters. The van der Waals surface area contributed by atoms with Crippen LogP contribution in [0.3, 0.4) is 0 Å². The fourth-order valence-corrected chi connectivity index (χ4v) is 3.10. The predicted molar refractivity (Wildman–Crippen MR) is 90.8 cm³/mol. The van der Waals surface area contributed by atoms with Gasteiger partial charge < -0.3 is 10.3 Å². The highest BCUT2D eigenvalue weighted by Gasteiger charge is 2.13. The molecule has 2 aromatic rings. The van der Waals surface area contributed by atoms with Crippen LogP contribution in [0, 0.1) is 5.92 Å². The molecule has 0 radical (unpaired) electrons. The van der Waals surface area contributed by atoms with Crippen molar-refractivity contribution in [3.05, 3.63) is 29.0 Å². The molecule has 0 saturated heterocycles. The maximum atomic E-state index is 6.09. The summed E-state index contributed by atoms with van der Waals surface area (Å²) in [6.45, 7) is 6.24. The molecule has 2 N–H and O–H groups in total. The molecule has 3 nitrogen and oxygen atoms in total. The Balaban J connectivity index is 2.23. The normalized spacial score (nSPS) is 13.0. The second kappa shape index (κ2) is 7.81. The molecule has 0 fully saturated rings. The Morgan fingerprint density at radius 3 is 2.76 bits per heavy atom. The number of nitrogens with zero attached hydrogens (tertiary/aromatic N) is 2. The zero-order valence-corrected chi connectivity index (χ0v) is 13.9. The highest BCUT2D eigenvalue weighted by Crippen LogP contribution is 2.23. The number of fused-ring (bicyclic) bond motifs is 1. The first-order chi connectivity index (χ1) is 10.2. The topological polar surface area (TPSA) is 43.8 Å². The smallest absolute Gasteiger partial charge is 0.109 e. The number of hydrogen-bond acceptors (Lipinski definition) is 2. The largest absolute Gasteiger partial charge is 0.330 e. The summed E-state index contributed by atoms with van der Waals surface area (Å²) >= 11 is 6.09. The lowest BCUT2D eigenvalue weighted by atomic mass is 9.96. The number of aryl methyl sites for hydroxylation is 2. The number of benzene rings is 1. The van der Waals surface area contributed by atoms with Crippen LogP contribution >= 0.6 is 11.6 Å². The van der Waals surface area contributed by atoms with Gasteiger partial charge in [-0.25, -0.2) is 4.98 Å². The van der Waals surface area contributed by atoms with Gasteiger partial charge in [-0.1, -0.05) is 31.9 Å². The second-order valence-corrected chi connectivity index (χ2v) is 6.14. The summed E-state index contributed by atoms with van der Waals surface area (Å²) in [4.78, 5) is 4.81. The minimum atomic E-state index is 0.702. The molecule has 0 amide bonds. The lowest BCUT2D eigenvalue weighted by molar-refractivity contribution is 0.435. The molecule has 0 saturated carbocycles. The Morgan fingerprint density at radius 2 is 2.10 bits per heavy atom. The van der Waals surface area contributed by atoms with Gasteiger partial charge in [0.25, 0.3) is 0 Å². The van der Waals surface area contributed by atoms with E-state index in [9.17, 15) is 0 Å². The Labute approximate surface area is 132 Å². The molecule has 0 bridgehead atoms. The van der Waals surface area contributed by atoms with E-state index in [0.29, 0.717) is 5.92 Å². The van der Waals surface area contributed by atoms with Gasteiger partial charge in [0.15, 0.2) is 0 Å². The molecule has 21 heavy (non-hydrogen) atoms. The van der Waals surface area contributed by atoms with Gasteiger partial charge in [0.1, 0.15) is 5.82 Å². The van der Waals surface area contributed by atoms with Crippen molar-refractivity contribution in [1.82, 2.24) is 9.55 Å². The Morgan fingerprint density at radius 1 is 1.29 bits per heavy atom. The van der Waals surface area contributed by atoms with Crippen molar-refractivity contribution in [2.75, 3.05) is 6.54 Å². The average molecular weight is 308 g/mol. The molecule has 0 aliphatic rings. The molecular weight excluding hydrogens is 282 g/mol. The fraction of sp³-hybridized carbons (Fsp3) is 0.588. The first-order valence-corrected chi connectivity index (χ1v) is 8.42. The van der Waals surface area contributed by atoms with Crippen LogP contribution in [0.25, 0.3) is 11.0 Å². The van der Waals surface area contributed by atoms with Crippen LogP contribution in [-0.2, 0) is 13.0 Å². The van der Waals surface area contributed by atoms with Crippen molar-refractivity contribution in [3.8, 4) is 0 Å². The highest BCUT2D eigenvalue weighted by molar-refractivity contribution is 6.31. The monoisotopic (exact) mass is 307 g/mol. The van der Waals surface area contributed by atoms with E-state index in [0.717, 1.165) is 49.3 Å². The first kappa shape index (κ1) is 16.3. The predicted octanol–water partition coefficient (Wildman–Crippen LogP) is 4.41. The van der Waals surface area contributed by atoms with Crippen LogP contribution in [0.2, 0.25) is 5.02 Å². The van der Waals surface area contributed by atoms with E-state index in [4.69, 9.17) is 22.3 Å². The minimum Gasteiger partial charge on any atom is -0.330 e. The maximum absolute atomic E-state index is 6.09. The van der Waals surface area contributed by atoms with Gasteiger partial charge in [-0.3, -0.25) is 0 Å². The van der Waals surface area contributed by atoms with E-state index >= 15 is 0 Å². The molecule has 116 valence electrons. The van der Waals surface area contributed by atoms with Crippen LogP contribution in [-0.4, -0.2) is 16.1 Å². The third-order valence-electron chi connectivity index (χ3n) is 4.17. The van der Waals surface area contributed by atoms with Crippen molar-refractivity contribution in [2.45, 2.75) is 52.5 Å². The van der Waals surface area contributed by atoms with Crippen LogP contribution in [0.15, 0.2) is 18.2 Å². The molecule has 0 aliphatic heterocycles. The summed E-state index contributed by atoms with van der Waals surface area (Å²) in [5.74, 6) is 1.89. The zero-order valence-electron chi connectivity index (χ0n) is 13.1. The summed E-state index contributed by atoms with van der Waals surface area (Å²) in [5, 5.41) is 0.754. The van der Waals surface area contributed by atoms with Gasteiger partial charge >= 0.3 is 0 Å². The molecule has 2 rings (SSSR count). The van der Waals surface area contributed by atoms with Crippen molar-refractivity contribution in [2.24, 2.45) is 11.7 Å². The maximum Gasteiger partial charge on any atom is 0.109 e.